The number of alkyl halides is 1. The van der Waals surface area contributed by atoms with E-state index in [1.165, 1.54) is 36.5 Å². The molecule has 1 amide bonds. The highest BCUT2D eigenvalue weighted by Gasteiger charge is 2.35. The average Bonchev–Trinajstić information content (AvgIpc) is 2.83. The van der Waals surface area contributed by atoms with Crippen molar-refractivity contribution >= 4 is 17.6 Å². The van der Waals surface area contributed by atoms with Crippen molar-refractivity contribution < 1.29 is 23.4 Å². The molecule has 1 aromatic heterocycles. The van der Waals surface area contributed by atoms with Gasteiger partial charge >= 0.3 is 0 Å². The van der Waals surface area contributed by atoms with Crippen molar-refractivity contribution in [3.05, 3.63) is 53.6 Å². The topological polar surface area (TPSA) is 113 Å². The molecule has 3 rings (SSSR count). The van der Waals surface area contributed by atoms with Gasteiger partial charge < -0.3 is 25.8 Å². The number of likely N-dealkylation sites (N-methyl/N-ethyl adjacent to an activating group) is 1. The third-order valence-corrected chi connectivity index (χ3v) is 4.99. The molecule has 10 heteroatoms. The number of aliphatic hydroxyl groups is 1. The van der Waals surface area contributed by atoms with Crippen molar-refractivity contribution in [1.29, 1.82) is 0 Å². The summed E-state index contributed by atoms with van der Waals surface area (Å²) in [5, 5.41) is 13.0. The summed E-state index contributed by atoms with van der Waals surface area (Å²) in [6, 6.07) is 7.07. The number of hydrogen-bond acceptors (Lipinski definition) is 7. The molecule has 1 aromatic carbocycles. The Hall–Kier alpha value is -3.27. The molecule has 0 saturated carbocycles. The molecule has 2 atom stereocenters. The Morgan fingerprint density at radius 3 is 2.87 bits per heavy atom. The normalized spacial score (nSPS) is 21.3. The molecule has 1 aliphatic heterocycles. The van der Waals surface area contributed by atoms with Gasteiger partial charge in [0.2, 0.25) is 0 Å². The number of nitrogens with zero attached hydrogens (tertiary/aromatic N) is 3. The molecule has 166 valence electrons. The highest BCUT2D eigenvalue weighted by molar-refractivity contribution is 6.02. The van der Waals surface area contributed by atoms with Crippen LogP contribution in [0.25, 0.3) is 0 Å². The van der Waals surface area contributed by atoms with Crippen LogP contribution in [0.4, 0.5) is 14.5 Å². The van der Waals surface area contributed by atoms with E-state index in [1.807, 2.05) is 0 Å². The first-order valence-electron chi connectivity index (χ1n) is 9.72. The second kappa shape index (κ2) is 9.25. The molecule has 0 aliphatic carbocycles. The average molecular weight is 433 g/mol. The molecule has 1 aliphatic rings. The summed E-state index contributed by atoms with van der Waals surface area (Å²) in [7, 11) is 1.70. The van der Waals surface area contributed by atoms with Gasteiger partial charge in [0.15, 0.2) is 5.96 Å². The Morgan fingerprint density at radius 1 is 1.42 bits per heavy atom. The number of aliphatic hydroxyl groups excluding tert-OH is 1. The first-order chi connectivity index (χ1) is 14.7. The Bertz CT molecular complexity index is 970. The van der Waals surface area contributed by atoms with Crippen molar-refractivity contribution in [1.82, 2.24) is 9.88 Å². The molecule has 2 heterocycles. The Balaban J connectivity index is 1.83. The zero-order chi connectivity index (χ0) is 22.6. The molecular formula is C21H25F2N5O3. The lowest BCUT2D eigenvalue weighted by atomic mass is 9.86. The molecule has 2 aromatic rings. The van der Waals surface area contributed by atoms with Gasteiger partial charge in [0, 0.05) is 31.3 Å². The number of halogens is 2. The smallest absolute Gasteiger partial charge is 0.274 e. The van der Waals surface area contributed by atoms with Crippen LogP contribution in [0.2, 0.25) is 0 Å². The van der Waals surface area contributed by atoms with E-state index in [0.717, 1.165) is 0 Å². The van der Waals surface area contributed by atoms with E-state index in [4.69, 9.17) is 10.5 Å². The van der Waals surface area contributed by atoms with Crippen molar-refractivity contribution in [2.75, 3.05) is 32.2 Å². The van der Waals surface area contributed by atoms with Crippen LogP contribution in [-0.2, 0) is 5.54 Å². The van der Waals surface area contributed by atoms with Crippen LogP contribution in [0.5, 0.6) is 5.75 Å². The van der Waals surface area contributed by atoms with Crippen molar-refractivity contribution in [3.63, 3.8) is 0 Å². The maximum atomic E-state index is 14.7. The molecule has 0 saturated heterocycles. The third kappa shape index (κ3) is 5.26. The number of nitrogens with two attached hydrogens (primary N) is 1. The number of rotatable bonds is 6. The fraction of sp³-hybridized carbons (Fsp3) is 0.381. The number of amides is 1. The molecule has 2 unspecified atom stereocenters. The lowest BCUT2D eigenvalue weighted by molar-refractivity contribution is 0.102. The van der Waals surface area contributed by atoms with Crippen LogP contribution in [0.15, 0.2) is 41.5 Å². The van der Waals surface area contributed by atoms with Crippen LogP contribution in [0.3, 0.4) is 0 Å². The maximum absolute atomic E-state index is 14.7. The first kappa shape index (κ1) is 22.4. The second-order valence-electron chi connectivity index (χ2n) is 7.55. The van der Waals surface area contributed by atoms with Gasteiger partial charge in [-0.25, -0.2) is 18.8 Å². The number of benzene rings is 1. The second-order valence-corrected chi connectivity index (χ2v) is 7.55. The molecule has 0 radical (unpaired) electrons. The fourth-order valence-electron chi connectivity index (χ4n) is 3.45. The largest absolute Gasteiger partial charge is 0.489 e. The minimum Gasteiger partial charge on any atom is -0.489 e. The van der Waals surface area contributed by atoms with E-state index in [-0.39, 0.29) is 36.8 Å². The molecule has 0 spiro atoms. The van der Waals surface area contributed by atoms with E-state index in [1.54, 1.807) is 18.9 Å². The summed E-state index contributed by atoms with van der Waals surface area (Å²) in [4.78, 5) is 22.6. The highest BCUT2D eigenvalue weighted by Crippen LogP contribution is 2.36. The van der Waals surface area contributed by atoms with E-state index in [0.29, 0.717) is 11.4 Å². The van der Waals surface area contributed by atoms with Crippen LogP contribution in [-0.4, -0.2) is 59.8 Å². The highest BCUT2D eigenvalue weighted by atomic mass is 19.1. The SMILES string of the molecule is CN1CC(O)CC(C)(c2cc(NC(=O)c3ccc(OCCF)cn3)ccc2F)N=C1N. The van der Waals surface area contributed by atoms with Gasteiger partial charge in [-0.15, -0.1) is 0 Å². The summed E-state index contributed by atoms with van der Waals surface area (Å²) in [6.07, 6.45) is 0.719. The van der Waals surface area contributed by atoms with Crippen molar-refractivity contribution in [2.24, 2.45) is 10.7 Å². The molecular weight excluding hydrogens is 408 g/mol. The number of nitrogens with one attached hydrogen (secondary N) is 1. The molecule has 0 fully saturated rings. The number of ether oxygens (including phenoxy) is 1. The summed E-state index contributed by atoms with van der Waals surface area (Å²) >= 11 is 0. The number of carbonyl (C=O) groups is 1. The maximum Gasteiger partial charge on any atom is 0.274 e. The number of anilines is 1. The summed E-state index contributed by atoms with van der Waals surface area (Å²) in [5.74, 6) is -0.504. The van der Waals surface area contributed by atoms with E-state index < -0.39 is 30.0 Å². The van der Waals surface area contributed by atoms with Gasteiger partial charge in [-0.1, -0.05) is 0 Å². The molecule has 4 N–H and O–H groups in total. The van der Waals surface area contributed by atoms with Gasteiger partial charge in [0.25, 0.3) is 5.91 Å². The first-order valence-corrected chi connectivity index (χ1v) is 9.72. The monoisotopic (exact) mass is 433 g/mol. The van der Waals surface area contributed by atoms with Crippen LogP contribution in [0.1, 0.15) is 29.4 Å². The van der Waals surface area contributed by atoms with E-state index >= 15 is 0 Å². The zero-order valence-electron chi connectivity index (χ0n) is 17.3. The Kier molecular flexibility index (Phi) is 6.69. The number of aromatic nitrogens is 1. The number of β-amino-alcohol motifs (C(OH)–C–C–N with tert-alkyl or cyclic N) is 1. The van der Waals surface area contributed by atoms with Gasteiger partial charge in [0.1, 0.15) is 30.5 Å². The van der Waals surface area contributed by atoms with Crippen LogP contribution >= 0.6 is 0 Å². The fourth-order valence-corrected chi connectivity index (χ4v) is 3.45. The molecule has 8 nitrogen and oxygen atoms in total. The van der Waals surface area contributed by atoms with E-state index in [2.05, 4.69) is 15.3 Å². The third-order valence-electron chi connectivity index (χ3n) is 4.99. The predicted octanol–water partition coefficient (Wildman–Crippen LogP) is 2.05. The number of carbonyl (C=O) groups excluding carboxylic acids is 1. The van der Waals surface area contributed by atoms with Crippen LogP contribution in [0, 0.1) is 5.82 Å². The molecule has 31 heavy (non-hydrogen) atoms. The van der Waals surface area contributed by atoms with Crippen LogP contribution < -0.4 is 15.8 Å². The number of pyridine rings is 1. The lowest BCUT2D eigenvalue weighted by Gasteiger charge is -2.27. The Morgan fingerprint density at radius 2 is 2.19 bits per heavy atom. The minimum absolute atomic E-state index is 0.0954. The predicted molar refractivity (Wildman–Crippen MR) is 112 cm³/mol. The minimum atomic E-state index is -1.12. The van der Waals surface area contributed by atoms with Gasteiger partial charge in [-0.2, -0.15) is 0 Å². The quantitative estimate of drug-likeness (QED) is 0.643. The zero-order valence-corrected chi connectivity index (χ0v) is 17.3. The summed E-state index contributed by atoms with van der Waals surface area (Å²) < 4.78 is 32.0. The number of aliphatic imine (C=N–C) groups is 1. The van der Waals surface area contributed by atoms with Crippen molar-refractivity contribution in [3.8, 4) is 5.75 Å². The summed E-state index contributed by atoms with van der Waals surface area (Å²) in [6.45, 7) is 1.24. The van der Waals surface area contributed by atoms with Gasteiger partial charge in [-0.05, 0) is 37.3 Å². The molecule has 0 bridgehead atoms. The standard InChI is InChI=1S/C21H25F2N5O3/c1-21(10-14(29)12-28(2)20(24)27-21)16-9-13(3-5-17(16)23)26-19(30)18-6-4-15(11-25-18)31-8-7-22/h3-6,9,11,14,29H,7-8,10,12H2,1-2H3,(H2,24,27)(H,26,30). The van der Waals surface area contributed by atoms with Gasteiger partial charge in [-0.3, -0.25) is 4.79 Å². The number of hydrogen-bond donors (Lipinski definition) is 3. The van der Waals surface area contributed by atoms with E-state index in [9.17, 15) is 18.7 Å². The Labute approximate surface area is 178 Å². The lowest BCUT2D eigenvalue weighted by Crippen LogP contribution is -2.37. The summed E-state index contributed by atoms with van der Waals surface area (Å²) in [5.41, 5.74) is 5.50. The van der Waals surface area contributed by atoms with Gasteiger partial charge in [0.05, 0.1) is 17.8 Å². The van der Waals surface area contributed by atoms with Crippen molar-refractivity contribution in [2.45, 2.75) is 25.0 Å². The number of guanidine groups is 1.